The summed E-state index contributed by atoms with van der Waals surface area (Å²) in [5, 5.41) is 0. The molecule has 0 saturated heterocycles. The number of hydrogen-bond donors (Lipinski definition) is 0. The van der Waals surface area contributed by atoms with Crippen molar-refractivity contribution >= 4 is 33.2 Å². The van der Waals surface area contributed by atoms with Gasteiger partial charge in [-0.3, -0.25) is 0 Å². The van der Waals surface area contributed by atoms with Crippen molar-refractivity contribution in [1.29, 1.82) is 0 Å². The van der Waals surface area contributed by atoms with Gasteiger partial charge >= 0.3 is 0 Å². The monoisotopic (exact) mass is 353 g/mol. The summed E-state index contributed by atoms with van der Waals surface area (Å²) in [5.74, 6) is 1.38. The molecule has 0 aliphatic carbocycles. The van der Waals surface area contributed by atoms with E-state index in [0.717, 1.165) is 28.0 Å². The van der Waals surface area contributed by atoms with Crippen molar-refractivity contribution in [3.63, 3.8) is 0 Å². The molecule has 0 N–H and O–H groups in total. The van der Waals surface area contributed by atoms with Crippen LogP contribution in [-0.4, -0.2) is 14.2 Å². The summed E-state index contributed by atoms with van der Waals surface area (Å²) in [6.45, 7) is 0.829. The molecule has 2 aromatic rings. The Hall–Kier alpha value is -1.19. The van der Waals surface area contributed by atoms with Crippen LogP contribution < -0.4 is 9.64 Å². The molecule has 20 heavy (non-hydrogen) atoms. The highest BCUT2D eigenvalue weighted by molar-refractivity contribution is 9.10. The lowest BCUT2D eigenvalue weighted by Gasteiger charge is -2.22. The number of benzene rings is 2. The van der Waals surface area contributed by atoms with E-state index in [0.29, 0.717) is 5.88 Å². The number of rotatable bonds is 5. The van der Waals surface area contributed by atoms with E-state index in [9.17, 15) is 0 Å². The van der Waals surface area contributed by atoms with Crippen LogP contribution in [0.4, 0.5) is 5.69 Å². The predicted molar refractivity (Wildman–Crippen MR) is 88.8 cm³/mol. The molecule has 0 aromatic heterocycles. The lowest BCUT2D eigenvalue weighted by molar-refractivity contribution is 0.414. The molecule has 0 aliphatic heterocycles. The molecule has 0 fully saturated rings. The van der Waals surface area contributed by atoms with E-state index in [2.05, 4.69) is 52.1 Å². The minimum absolute atomic E-state index is 0.502. The molecule has 2 rings (SSSR count). The van der Waals surface area contributed by atoms with Crippen molar-refractivity contribution in [2.75, 3.05) is 19.1 Å². The highest BCUT2D eigenvalue weighted by atomic mass is 79.9. The predicted octanol–water partition coefficient (Wildman–Crippen LogP) is 4.83. The Morgan fingerprint density at radius 2 is 1.85 bits per heavy atom. The quantitative estimate of drug-likeness (QED) is 0.713. The zero-order chi connectivity index (χ0) is 14.5. The lowest BCUT2D eigenvalue weighted by atomic mass is 10.1. The SMILES string of the molecule is COc1ccc(CN(C)c2ccc(Br)cc2CCl)cc1. The minimum atomic E-state index is 0.502. The third-order valence-electron chi connectivity index (χ3n) is 3.18. The second kappa shape index (κ2) is 7.00. The zero-order valence-corrected chi connectivity index (χ0v) is 13.9. The second-order valence-corrected chi connectivity index (χ2v) is 5.79. The molecule has 0 heterocycles. The van der Waals surface area contributed by atoms with Crippen molar-refractivity contribution in [2.24, 2.45) is 0 Å². The Morgan fingerprint density at radius 3 is 2.45 bits per heavy atom. The number of alkyl halides is 1. The summed E-state index contributed by atoms with van der Waals surface area (Å²) in [6.07, 6.45) is 0. The second-order valence-electron chi connectivity index (χ2n) is 4.61. The van der Waals surface area contributed by atoms with Crippen molar-refractivity contribution < 1.29 is 4.74 Å². The first-order valence-electron chi connectivity index (χ1n) is 6.32. The van der Waals surface area contributed by atoms with Crippen LogP contribution in [0, 0.1) is 0 Å². The topological polar surface area (TPSA) is 12.5 Å². The Morgan fingerprint density at radius 1 is 1.15 bits per heavy atom. The largest absolute Gasteiger partial charge is 0.497 e. The van der Waals surface area contributed by atoms with E-state index >= 15 is 0 Å². The van der Waals surface area contributed by atoms with Gasteiger partial charge in [0.15, 0.2) is 0 Å². The molecule has 0 radical (unpaired) electrons. The van der Waals surface area contributed by atoms with Crippen LogP contribution in [0.25, 0.3) is 0 Å². The van der Waals surface area contributed by atoms with Crippen LogP contribution in [0.15, 0.2) is 46.9 Å². The van der Waals surface area contributed by atoms with Gasteiger partial charge in [0.05, 0.1) is 7.11 Å². The molecular formula is C16H17BrClNO. The van der Waals surface area contributed by atoms with Gasteiger partial charge in [-0.25, -0.2) is 0 Å². The van der Waals surface area contributed by atoms with Crippen molar-refractivity contribution in [3.8, 4) is 5.75 Å². The maximum absolute atomic E-state index is 6.03. The van der Waals surface area contributed by atoms with E-state index in [1.165, 1.54) is 5.56 Å². The van der Waals surface area contributed by atoms with Crippen LogP contribution in [0.1, 0.15) is 11.1 Å². The fourth-order valence-electron chi connectivity index (χ4n) is 2.12. The summed E-state index contributed by atoms with van der Waals surface area (Å²) < 4.78 is 6.22. The summed E-state index contributed by atoms with van der Waals surface area (Å²) in [4.78, 5) is 2.20. The number of anilines is 1. The molecule has 0 atom stereocenters. The van der Waals surface area contributed by atoms with Gasteiger partial charge in [0.25, 0.3) is 0 Å². The van der Waals surface area contributed by atoms with Gasteiger partial charge in [0, 0.05) is 29.6 Å². The zero-order valence-electron chi connectivity index (χ0n) is 11.6. The van der Waals surface area contributed by atoms with E-state index in [1.54, 1.807) is 7.11 Å². The molecular weight excluding hydrogens is 338 g/mol. The molecule has 4 heteroatoms. The van der Waals surface area contributed by atoms with E-state index in [4.69, 9.17) is 16.3 Å². The third kappa shape index (κ3) is 3.68. The molecule has 2 aromatic carbocycles. The third-order valence-corrected chi connectivity index (χ3v) is 3.96. The van der Waals surface area contributed by atoms with Gasteiger partial charge in [-0.2, -0.15) is 0 Å². The molecule has 2 nitrogen and oxygen atoms in total. The number of methoxy groups -OCH3 is 1. The van der Waals surface area contributed by atoms with Gasteiger partial charge in [0.2, 0.25) is 0 Å². The van der Waals surface area contributed by atoms with Gasteiger partial charge in [0.1, 0.15) is 5.75 Å². The van der Waals surface area contributed by atoms with Crippen molar-refractivity contribution in [1.82, 2.24) is 0 Å². The highest BCUT2D eigenvalue weighted by Crippen LogP contribution is 2.26. The maximum Gasteiger partial charge on any atom is 0.118 e. The number of ether oxygens (including phenoxy) is 1. The fraction of sp³-hybridized carbons (Fsp3) is 0.250. The number of nitrogens with zero attached hydrogens (tertiary/aromatic N) is 1. The summed E-state index contributed by atoms with van der Waals surface area (Å²) in [6, 6.07) is 14.3. The molecule has 0 bridgehead atoms. The Bertz CT molecular complexity index is 571. The fourth-order valence-corrected chi connectivity index (χ4v) is 2.75. The van der Waals surface area contributed by atoms with E-state index in [-0.39, 0.29) is 0 Å². The van der Waals surface area contributed by atoms with Gasteiger partial charge in [-0.05, 0) is 41.5 Å². The van der Waals surface area contributed by atoms with Crippen molar-refractivity contribution in [3.05, 3.63) is 58.1 Å². The van der Waals surface area contributed by atoms with Crippen LogP contribution in [0.2, 0.25) is 0 Å². The average Bonchev–Trinajstić information content (AvgIpc) is 2.47. The van der Waals surface area contributed by atoms with E-state index < -0.39 is 0 Å². The molecule has 0 unspecified atom stereocenters. The molecule has 0 saturated carbocycles. The van der Waals surface area contributed by atoms with E-state index in [1.807, 2.05) is 18.2 Å². The number of hydrogen-bond acceptors (Lipinski definition) is 2. The summed E-state index contributed by atoms with van der Waals surface area (Å²) in [7, 11) is 3.75. The van der Waals surface area contributed by atoms with Gasteiger partial charge in [-0.15, -0.1) is 11.6 Å². The molecule has 0 spiro atoms. The smallest absolute Gasteiger partial charge is 0.118 e. The molecule has 106 valence electrons. The Kier molecular flexibility index (Phi) is 5.32. The van der Waals surface area contributed by atoms with Crippen LogP contribution in [0.5, 0.6) is 5.75 Å². The summed E-state index contributed by atoms with van der Waals surface area (Å²) >= 11 is 9.50. The van der Waals surface area contributed by atoms with Crippen LogP contribution in [-0.2, 0) is 12.4 Å². The summed E-state index contributed by atoms with van der Waals surface area (Å²) in [5.41, 5.74) is 3.51. The van der Waals surface area contributed by atoms with Crippen LogP contribution >= 0.6 is 27.5 Å². The van der Waals surface area contributed by atoms with Crippen molar-refractivity contribution in [2.45, 2.75) is 12.4 Å². The first-order valence-corrected chi connectivity index (χ1v) is 7.65. The first-order chi connectivity index (χ1) is 9.63. The Labute approximate surface area is 133 Å². The minimum Gasteiger partial charge on any atom is -0.497 e. The first kappa shape index (κ1) is 15.2. The Balaban J connectivity index is 2.16. The lowest BCUT2D eigenvalue weighted by Crippen LogP contribution is -2.17. The van der Waals surface area contributed by atoms with Gasteiger partial charge in [-0.1, -0.05) is 28.1 Å². The number of halogens is 2. The normalized spacial score (nSPS) is 10.4. The highest BCUT2D eigenvalue weighted by Gasteiger charge is 2.08. The van der Waals surface area contributed by atoms with Gasteiger partial charge < -0.3 is 9.64 Å². The standard InChI is InChI=1S/C16H17BrClNO/c1-19(11-12-3-6-15(20-2)7-4-12)16-8-5-14(17)9-13(16)10-18/h3-9H,10-11H2,1-2H3. The molecule has 0 aliphatic rings. The average molecular weight is 355 g/mol. The molecule has 0 amide bonds. The maximum atomic E-state index is 6.03. The van der Waals surface area contributed by atoms with Crippen LogP contribution in [0.3, 0.4) is 0 Å².